The summed E-state index contributed by atoms with van der Waals surface area (Å²) in [6.45, 7) is 4.25. The molecule has 1 aliphatic carbocycles. The third-order valence-electron chi connectivity index (χ3n) is 3.71. The summed E-state index contributed by atoms with van der Waals surface area (Å²) in [6.07, 6.45) is 0.991. The van der Waals surface area contributed by atoms with Crippen molar-refractivity contribution >= 4 is 16.6 Å². The molecule has 1 aromatic heterocycles. The van der Waals surface area contributed by atoms with Crippen LogP contribution in [0.4, 0.5) is 5.69 Å². The zero-order valence-corrected chi connectivity index (χ0v) is 10.6. The molecule has 1 N–H and O–H groups in total. The highest BCUT2D eigenvalue weighted by atomic mass is 16.6. The van der Waals surface area contributed by atoms with Crippen LogP contribution in [0, 0.1) is 15.5 Å². The Balaban J connectivity index is 2.12. The van der Waals surface area contributed by atoms with Gasteiger partial charge >= 0.3 is 0 Å². The average molecular weight is 259 g/mol. The SMILES string of the molecule is CC1(C)CC1c1nc(O)c2cc([N+](=O)[O-])ccc2n1. The molecule has 2 aromatic rings. The third-order valence-corrected chi connectivity index (χ3v) is 3.71. The molecule has 1 unspecified atom stereocenters. The van der Waals surface area contributed by atoms with Gasteiger partial charge in [-0.25, -0.2) is 4.98 Å². The van der Waals surface area contributed by atoms with E-state index < -0.39 is 4.92 Å². The molecule has 1 aromatic carbocycles. The van der Waals surface area contributed by atoms with Crippen molar-refractivity contribution in [2.75, 3.05) is 0 Å². The van der Waals surface area contributed by atoms with Crippen LogP contribution in [0.25, 0.3) is 10.9 Å². The van der Waals surface area contributed by atoms with Gasteiger partial charge in [-0.2, -0.15) is 4.98 Å². The number of hydrogen-bond donors (Lipinski definition) is 1. The number of hydrogen-bond acceptors (Lipinski definition) is 5. The van der Waals surface area contributed by atoms with Crippen LogP contribution in [0.1, 0.15) is 32.0 Å². The molecular weight excluding hydrogens is 246 g/mol. The molecule has 0 spiro atoms. The van der Waals surface area contributed by atoms with Crippen LogP contribution in [0.3, 0.4) is 0 Å². The molecule has 0 radical (unpaired) electrons. The fourth-order valence-corrected chi connectivity index (χ4v) is 2.30. The van der Waals surface area contributed by atoms with Gasteiger partial charge in [0.1, 0.15) is 5.82 Å². The molecule has 1 heterocycles. The molecule has 6 heteroatoms. The van der Waals surface area contributed by atoms with E-state index in [2.05, 4.69) is 23.8 Å². The third kappa shape index (κ3) is 1.89. The van der Waals surface area contributed by atoms with Crippen molar-refractivity contribution in [1.82, 2.24) is 9.97 Å². The number of aromatic nitrogens is 2. The number of rotatable bonds is 2. The Bertz CT molecular complexity index is 697. The maximum Gasteiger partial charge on any atom is 0.270 e. The largest absolute Gasteiger partial charge is 0.493 e. The number of benzene rings is 1. The zero-order chi connectivity index (χ0) is 13.8. The van der Waals surface area contributed by atoms with Crippen LogP contribution < -0.4 is 0 Å². The average Bonchev–Trinajstić information content (AvgIpc) is 2.98. The molecule has 1 fully saturated rings. The van der Waals surface area contributed by atoms with Crippen LogP contribution >= 0.6 is 0 Å². The smallest absolute Gasteiger partial charge is 0.270 e. The fraction of sp³-hybridized carbons (Fsp3) is 0.385. The highest BCUT2D eigenvalue weighted by Crippen LogP contribution is 2.57. The molecule has 0 aliphatic heterocycles. The van der Waals surface area contributed by atoms with Crippen LogP contribution in [0.5, 0.6) is 5.88 Å². The van der Waals surface area contributed by atoms with Gasteiger partial charge in [-0.05, 0) is 17.9 Å². The van der Waals surface area contributed by atoms with Gasteiger partial charge in [-0.3, -0.25) is 10.1 Å². The van der Waals surface area contributed by atoms with Crippen LogP contribution in [-0.2, 0) is 0 Å². The summed E-state index contributed by atoms with van der Waals surface area (Å²) in [7, 11) is 0. The summed E-state index contributed by atoms with van der Waals surface area (Å²) in [5.74, 6) is 0.674. The van der Waals surface area contributed by atoms with Crippen molar-refractivity contribution in [3.05, 3.63) is 34.1 Å². The first-order valence-electron chi connectivity index (χ1n) is 6.03. The zero-order valence-electron chi connectivity index (χ0n) is 10.6. The Hall–Kier alpha value is -2.24. The van der Waals surface area contributed by atoms with Crippen LogP contribution in [-0.4, -0.2) is 20.0 Å². The summed E-state index contributed by atoms with van der Waals surface area (Å²) in [5, 5.41) is 21.0. The minimum Gasteiger partial charge on any atom is -0.493 e. The van der Waals surface area contributed by atoms with Crippen molar-refractivity contribution in [1.29, 1.82) is 0 Å². The Labute approximate surface area is 109 Å². The summed E-state index contributed by atoms with van der Waals surface area (Å²) >= 11 is 0. The first-order chi connectivity index (χ1) is 8.88. The van der Waals surface area contributed by atoms with Crippen LogP contribution in [0.2, 0.25) is 0 Å². The lowest BCUT2D eigenvalue weighted by atomic mass is 10.1. The quantitative estimate of drug-likeness (QED) is 0.661. The molecule has 1 atom stereocenters. The molecule has 1 saturated carbocycles. The van der Waals surface area contributed by atoms with Gasteiger partial charge in [0.2, 0.25) is 5.88 Å². The minimum absolute atomic E-state index is 0.0779. The van der Waals surface area contributed by atoms with Crippen molar-refractivity contribution in [2.24, 2.45) is 5.41 Å². The second-order valence-electron chi connectivity index (χ2n) is 5.61. The predicted octanol–water partition coefficient (Wildman–Crippen LogP) is 2.76. The second-order valence-corrected chi connectivity index (χ2v) is 5.61. The molecular formula is C13H13N3O3. The van der Waals surface area contributed by atoms with E-state index in [1.165, 1.54) is 12.1 Å². The highest BCUT2D eigenvalue weighted by Gasteiger charge is 2.48. The second kappa shape index (κ2) is 3.63. The van der Waals surface area contributed by atoms with Crippen LogP contribution in [0.15, 0.2) is 18.2 Å². The Kier molecular flexibility index (Phi) is 2.26. The van der Waals surface area contributed by atoms with E-state index in [0.717, 1.165) is 6.42 Å². The van der Waals surface area contributed by atoms with Crippen molar-refractivity contribution in [3.63, 3.8) is 0 Å². The van der Waals surface area contributed by atoms with Crippen molar-refractivity contribution in [2.45, 2.75) is 26.2 Å². The Morgan fingerprint density at radius 3 is 2.68 bits per heavy atom. The lowest BCUT2D eigenvalue weighted by Gasteiger charge is -2.05. The molecule has 98 valence electrons. The molecule has 3 rings (SSSR count). The maximum atomic E-state index is 10.7. The van der Waals surface area contributed by atoms with Gasteiger partial charge in [0, 0.05) is 18.1 Å². The highest BCUT2D eigenvalue weighted by molar-refractivity contribution is 5.85. The van der Waals surface area contributed by atoms with E-state index in [1.54, 1.807) is 6.07 Å². The van der Waals surface area contributed by atoms with E-state index in [0.29, 0.717) is 16.7 Å². The lowest BCUT2D eigenvalue weighted by Crippen LogP contribution is -1.98. The van der Waals surface area contributed by atoms with E-state index in [1.807, 2.05) is 0 Å². The number of aromatic hydroxyl groups is 1. The molecule has 1 aliphatic rings. The summed E-state index contributed by atoms with van der Waals surface area (Å²) in [5.41, 5.74) is 0.627. The number of nitro groups is 1. The van der Waals surface area contributed by atoms with Gasteiger partial charge in [-0.1, -0.05) is 13.8 Å². The van der Waals surface area contributed by atoms with Crippen molar-refractivity contribution in [3.8, 4) is 5.88 Å². The Morgan fingerprint density at radius 1 is 1.42 bits per heavy atom. The lowest BCUT2D eigenvalue weighted by molar-refractivity contribution is -0.384. The standard InChI is InChI=1S/C13H13N3O3/c1-13(2)6-9(13)11-14-10-4-3-7(16(18)19)5-8(10)12(17)15-11/h3-5,9H,6H2,1-2H3,(H,14,15,17). The maximum absolute atomic E-state index is 10.7. The molecule has 0 bridgehead atoms. The monoisotopic (exact) mass is 259 g/mol. The van der Waals surface area contributed by atoms with E-state index in [-0.39, 0.29) is 22.9 Å². The molecule has 0 amide bonds. The fourth-order valence-electron chi connectivity index (χ4n) is 2.30. The van der Waals surface area contributed by atoms with E-state index in [4.69, 9.17) is 0 Å². The van der Waals surface area contributed by atoms with E-state index in [9.17, 15) is 15.2 Å². The molecule has 0 saturated heterocycles. The summed E-state index contributed by atoms with van der Waals surface area (Å²) < 4.78 is 0. The van der Waals surface area contributed by atoms with Crippen molar-refractivity contribution < 1.29 is 10.0 Å². The summed E-state index contributed by atoms with van der Waals surface area (Å²) in [4.78, 5) is 18.7. The minimum atomic E-state index is -0.503. The summed E-state index contributed by atoms with van der Waals surface area (Å²) in [6, 6.07) is 4.23. The van der Waals surface area contributed by atoms with Gasteiger partial charge in [-0.15, -0.1) is 0 Å². The van der Waals surface area contributed by atoms with Gasteiger partial charge in [0.15, 0.2) is 0 Å². The Morgan fingerprint density at radius 2 is 2.11 bits per heavy atom. The molecule has 19 heavy (non-hydrogen) atoms. The van der Waals surface area contributed by atoms with Gasteiger partial charge in [0.05, 0.1) is 15.8 Å². The first kappa shape index (κ1) is 11.8. The normalized spacial score (nSPS) is 20.4. The molecule has 6 nitrogen and oxygen atoms in total. The number of nitrogens with zero attached hydrogens (tertiary/aromatic N) is 3. The predicted molar refractivity (Wildman–Crippen MR) is 69.0 cm³/mol. The van der Waals surface area contributed by atoms with Gasteiger partial charge in [0.25, 0.3) is 5.69 Å². The number of nitro benzene ring substituents is 1. The first-order valence-corrected chi connectivity index (χ1v) is 6.03. The topological polar surface area (TPSA) is 89.2 Å². The van der Waals surface area contributed by atoms with Gasteiger partial charge < -0.3 is 5.11 Å². The number of fused-ring (bicyclic) bond motifs is 1. The van der Waals surface area contributed by atoms with E-state index >= 15 is 0 Å². The number of non-ortho nitro benzene ring substituents is 1.